The van der Waals surface area contributed by atoms with Crippen molar-refractivity contribution in [3.63, 3.8) is 0 Å². The lowest BCUT2D eigenvalue weighted by atomic mass is 9.81. The standard InChI is InChI=1S/C21H18ClP/c22-21(18-12-6-2-7-13-18,19-14-8-3-9-15-19)20(16-23)17-10-4-1-5-11-17/h1-16H,23H2/b20-16-. The first-order valence-electron chi connectivity index (χ1n) is 7.54. The van der Waals surface area contributed by atoms with Crippen LogP contribution in [0.5, 0.6) is 0 Å². The Labute approximate surface area is 145 Å². The Morgan fingerprint density at radius 3 is 1.48 bits per heavy atom. The summed E-state index contributed by atoms with van der Waals surface area (Å²) in [5.41, 5.74) is 4.29. The molecule has 1 unspecified atom stereocenters. The minimum absolute atomic E-state index is 0.731. The van der Waals surface area contributed by atoms with E-state index in [-0.39, 0.29) is 0 Å². The van der Waals surface area contributed by atoms with Crippen LogP contribution >= 0.6 is 20.8 Å². The molecule has 0 bridgehead atoms. The molecule has 0 aliphatic carbocycles. The van der Waals surface area contributed by atoms with E-state index in [0.717, 1.165) is 22.3 Å². The zero-order chi connectivity index (χ0) is 16.1. The van der Waals surface area contributed by atoms with Gasteiger partial charge in [0.15, 0.2) is 0 Å². The summed E-state index contributed by atoms with van der Waals surface area (Å²) in [5, 5.41) is 0. The summed E-state index contributed by atoms with van der Waals surface area (Å²) in [5.74, 6) is 2.03. The van der Waals surface area contributed by atoms with Gasteiger partial charge in [-0.1, -0.05) is 96.8 Å². The van der Waals surface area contributed by atoms with Gasteiger partial charge >= 0.3 is 0 Å². The second-order valence-corrected chi connectivity index (χ2v) is 6.24. The number of hydrogen-bond acceptors (Lipinski definition) is 0. The van der Waals surface area contributed by atoms with E-state index in [1.54, 1.807) is 0 Å². The Morgan fingerprint density at radius 2 is 1.09 bits per heavy atom. The molecule has 3 rings (SSSR count). The monoisotopic (exact) mass is 336 g/mol. The molecule has 0 saturated carbocycles. The van der Waals surface area contributed by atoms with E-state index >= 15 is 0 Å². The third kappa shape index (κ3) is 3.11. The normalized spacial score (nSPS) is 12.2. The lowest BCUT2D eigenvalue weighted by molar-refractivity contribution is 0.947. The Morgan fingerprint density at radius 1 is 0.696 bits per heavy atom. The molecule has 0 aliphatic heterocycles. The molecule has 0 aliphatic rings. The second-order valence-electron chi connectivity index (χ2n) is 5.34. The van der Waals surface area contributed by atoms with Gasteiger partial charge in [0.05, 0.1) is 0 Å². The van der Waals surface area contributed by atoms with Gasteiger partial charge in [0.25, 0.3) is 0 Å². The first-order valence-corrected chi connectivity index (χ1v) is 8.59. The minimum atomic E-state index is -0.731. The number of alkyl halides is 1. The van der Waals surface area contributed by atoms with Gasteiger partial charge in [-0.25, -0.2) is 0 Å². The molecule has 0 saturated heterocycles. The first kappa shape index (κ1) is 16.0. The minimum Gasteiger partial charge on any atom is -0.113 e. The van der Waals surface area contributed by atoms with Crippen LogP contribution in [0.3, 0.4) is 0 Å². The molecule has 0 nitrogen and oxygen atoms in total. The maximum absolute atomic E-state index is 7.31. The fourth-order valence-corrected chi connectivity index (χ4v) is 3.81. The van der Waals surface area contributed by atoms with E-state index in [0.29, 0.717) is 0 Å². The van der Waals surface area contributed by atoms with Crippen LogP contribution in [0.25, 0.3) is 5.57 Å². The highest BCUT2D eigenvalue weighted by Crippen LogP contribution is 2.47. The van der Waals surface area contributed by atoms with E-state index in [1.807, 2.05) is 60.4 Å². The average Bonchev–Trinajstić information content (AvgIpc) is 2.64. The molecule has 0 radical (unpaired) electrons. The van der Waals surface area contributed by atoms with E-state index in [4.69, 9.17) is 11.6 Å². The fraction of sp³-hybridized carbons (Fsp3) is 0.0476. The Bertz CT molecular complexity index is 740. The quantitative estimate of drug-likeness (QED) is 0.400. The van der Waals surface area contributed by atoms with Crippen molar-refractivity contribution in [2.24, 2.45) is 0 Å². The number of benzene rings is 3. The molecule has 3 aromatic rings. The van der Waals surface area contributed by atoms with Crippen molar-refractivity contribution in [2.75, 3.05) is 0 Å². The van der Waals surface area contributed by atoms with Gasteiger partial charge in [-0.05, 0) is 22.3 Å². The van der Waals surface area contributed by atoms with Crippen LogP contribution in [0.4, 0.5) is 0 Å². The first-order chi connectivity index (χ1) is 11.3. The Hall–Kier alpha value is -1.88. The van der Waals surface area contributed by atoms with Crippen molar-refractivity contribution in [3.8, 4) is 0 Å². The van der Waals surface area contributed by atoms with Crippen molar-refractivity contribution >= 4 is 26.4 Å². The number of halogens is 1. The summed E-state index contributed by atoms with van der Waals surface area (Å²) >= 11 is 7.31. The number of hydrogen-bond donors (Lipinski definition) is 0. The van der Waals surface area contributed by atoms with E-state index < -0.39 is 4.87 Å². The average molecular weight is 337 g/mol. The van der Waals surface area contributed by atoms with Gasteiger partial charge in [0.1, 0.15) is 4.87 Å². The van der Waals surface area contributed by atoms with Crippen LogP contribution in [0.2, 0.25) is 0 Å². The van der Waals surface area contributed by atoms with Crippen molar-refractivity contribution < 1.29 is 0 Å². The molecule has 0 aromatic heterocycles. The summed E-state index contributed by atoms with van der Waals surface area (Å²) in [6, 6.07) is 30.7. The van der Waals surface area contributed by atoms with Crippen LogP contribution in [-0.4, -0.2) is 0 Å². The number of allylic oxidation sites excluding steroid dienone is 1. The Kier molecular flexibility index (Phi) is 4.96. The van der Waals surface area contributed by atoms with Crippen LogP contribution in [0, 0.1) is 0 Å². The summed E-state index contributed by atoms with van der Waals surface area (Å²) in [7, 11) is 2.71. The molecular weight excluding hydrogens is 319 g/mol. The van der Waals surface area contributed by atoms with Gasteiger partial charge in [0.2, 0.25) is 0 Å². The molecule has 3 aromatic carbocycles. The van der Waals surface area contributed by atoms with Gasteiger partial charge in [0, 0.05) is 0 Å². The van der Waals surface area contributed by atoms with Crippen LogP contribution in [-0.2, 0) is 4.87 Å². The van der Waals surface area contributed by atoms with Crippen molar-refractivity contribution in [1.82, 2.24) is 0 Å². The smallest absolute Gasteiger partial charge is 0.113 e. The van der Waals surface area contributed by atoms with Gasteiger partial charge in [-0.3, -0.25) is 0 Å². The lowest BCUT2D eigenvalue weighted by Crippen LogP contribution is -2.22. The molecule has 2 heteroatoms. The lowest BCUT2D eigenvalue weighted by Gasteiger charge is -2.31. The summed E-state index contributed by atoms with van der Waals surface area (Å²) < 4.78 is 0. The van der Waals surface area contributed by atoms with Crippen molar-refractivity contribution in [1.29, 1.82) is 0 Å². The Balaban J connectivity index is 2.25. The highest BCUT2D eigenvalue weighted by atomic mass is 35.5. The van der Waals surface area contributed by atoms with Crippen LogP contribution in [0.1, 0.15) is 16.7 Å². The highest BCUT2D eigenvalue weighted by Gasteiger charge is 2.36. The molecule has 23 heavy (non-hydrogen) atoms. The van der Waals surface area contributed by atoms with Crippen molar-refractivity contribution in [3.05, 3.63) is 114 Å². The van der Waals surface area contributed by atoms with Crippen LogP contribution in [0.15, 0.2) is 96.8 Å². The third-order valence-electron chi connectivity index (χ3n) is 3.97. The van der Waals surface area contributed by atoms with Gasteiger partial charge < -0.3 is 0 Å². The molecule has 0 heterocycles. The second kappa shape index (κ2) is 7.13. The predicted molar refractivity (Wildman–Crippen MR) is 104 cm³/mol. The maximum atomic E-state index is 7.31. The summed E-state index contributed by atoms with van der Waals surface area (Å²) in [6.45, 7) is 0. The molecule has 0 N–H and O–H groups in total. The van der Waals surface area contributed by atoms with E-state index in [2.05, 4.69) is 45.6 Å². The van der Waals surface area contributed by atoms with Crippen molar-refractivity contribution in [2.45, 2.75) is 4.87 Å². The summed E-state index contributed by atoms with van der Waals surface area (Å²) in [4.78, 5) is -0.731. The van der Waals surface area contributed by atoms with Crippen LogP contribution < -0.4 is 0 Å². The maximum Gasteiger partial charge on any atom is 0.120 e. The molecule has 1 atom stereocenters. The highest BCUT2D eigenvalue weighted by molar-refractivity contribution is 7.21. The zero-order valence-corrected chi connectivity index (χ0v) is 14.6. The topological polar surface area (TPSA) is 0 Å². The molecule has 0 amide bonds. The largest absolute Gasteiger partial charge is 0.120 e. The molecule has 0 spiro atoms. The fourth-order valence-electron chi connectivity index (χ4n) is 2.84. The predicted octanol–water partition coefficient (Wildman–Crippen LogP) is 6.09. The van der Waals surface area contributed by atoms with Gasteiger partial charge in [-0.2, -0.15) is 0 Å². The summed E-state index contributed by atoms with van der Waals surface area (Å²) in [6.07, 6.45) is 0. The molecule has 114 valence electrons. The van der Waals surface area contributed by atoms with Gasteiger partial charge in [-0.15, -0.1) is 20.8 Å². The SMILES string of the molecule is P/C=C(/c1ccccc1)C(Cl)(c1ccccc1)c1ccccc1. The third-order valence-corrected chi connectivity index (χ3v) is 4.94. The number of rotatable bonds is 4. The van der Waals surface area contributed by atoms with E-state index in [9.17, 15) is 0 Å². The van der Waals surface area contributed by atoms with E-state index in [1.165, 1.54) is 0 Å². The molecular formula is C21H18ClP. The molecule has 0 fully saturated rings. The zero-order valence-electron chi connectivity index (χ0n) is 12.7.